The number of rotatable bonds is 4. The van der Waals surface area contributed by atoms with Crippen molar-refractivity contribution in [1.82, 2.24) is 19.4 Å². The number of nitrogens with one attached hydrogen (secondary N) is 2. The molecule has 8 nitrogen and oxygen atoms in total. The van der Waals surface area contributed by atoms with Crippen molar-refractivity contribution >= 4 is 22.8 Å². The van der Waals surface area contributed by atoms with Crippen LogP contribution in [0.1, 0.15) is 24.7 Å². The molecule has 3 aromatic rings. The van der Waals surface area contributed by atoms with Gasteiger partial charge in [-0.3, -0.25) is 4.57 Å². The molecule has 2 heterocycles. The van der Waals surface area contributed by atoms with Crippen LogP contribution < -0.4 is 16.4 Å². The van der Waals surface area contributed by atoms with Crippen molar-refractivity contribution in [3.05, 3.63) is 47.0 Å². The van der Waals surface area contributed by atoms with Crippen molar-refractivity contribution in [2.24, 2.45) is 20.0 Å². The van der Waals surface area contributed by atoms with Crippen LogP contribution in [-0.4, -0.2) is 20.1 Å². The van der Waals surface area contributed by atoms with E-state index < -0.39 is 5.76 Å². The second-order valence-corrected chi connectivity index (χ2v) is 6.42. The topological polar surface area (TPSA) is 94.1 Å². The zero-order valence-corrected chi connectivity index (χ0v) is 14.0. The third-order valence-electron chi connectivity index (χ3n) is 4.57. The van der Waals surface area contributed by atoms with Crippen LogP contribution in [-0.2, 0) is 14.1 Å². The standard InChI is InChI=1S/C17H19N5O3/c1-21-8-7-18-15(21)14(10-3-4-10)20-16(23)19-11-5-6-12-13(9-11)25-17(24)22(12)2/h5-10,14H,3-4H2,1-2H3,(H2,19,20,23). The van der Waals surface area contributed by atoms with E-state index in [4.69, 9.17) is 4.42 Å². The molecule has 8 heteroatoms. The van der Waals surface area contributed by atoms with Gasteiger partial charge in [0.05, 0.1) is 11.6 Å². The van der Waals surface area contributed by atoms with E-state index in [-0.39, 0.29) is 12.1 Å². The molecule has 1 aliphatic rings. The smallest absolute Gasteiger partial charge is 0.408 e. The van der Waals surface area contributed by atoms with Gasteiger partial charge >= 0.3 is 11.8 Å². The van der Waals surface area contributed by atoms with Crippen LogP contribution in [0.15, 0.2) is 39.8 Å². The summed E-state index contributed by atoms with van der Waals surface area (Å²) < 4.78 is 8.49. The zero-order chi connectivity index (χ0) is 17.6. The number of amides is 2. The molecule has 2 N–H and O–H groups in total. The van der Waals surface area contributed by atoms with Crippen molar-refractivity contribution in [1.29, 1.82) is 0 Å². The molecule has 2 amide bonds. The van der Waals surface area contributed by atoms with Gasteiger partial charge in [-0.2, -0.15) is 0 Å². The average Bonchev–Trinajstić information content (AvgIpc) is 3.27. The number of nitrogens with zero attached hydrogens (tertiary/aromatic N) is 3. The molecule has 1 unspecified atom stereocenters. The first kappa shape index (κ1) is 15.5. The summed E-state index contributed by atoms with van der Waals surface area (Å²) in [5, 5.41) is 5.80. The van der Waals surface area contributed by atoms with Crippen molar-refractivity contribution in [3.63, 3.8) is 0 Å². The summed E-state index contributed by atoms with van der Waals surface area (Å²) in [6.07, 6.45) is 5.77. The van der Waals surface area contributed by atoms with Gasteiger partial charge in [0.1, 0.15) is 5.82 Å². The largest absolute Gasteiger partial charge is 0.419 e. The monoisotopic (exact) mass is 341 g/mol. The minimum atomic E-state index is -0.430. The number of hydrogen-bond donors (Lipinski definition) is 2. The van der Waals surface area contributed by atoms with E-state index in [1.165, 1.54) is 4.57 Å². The lowest BCUT2D eigenvalue weighted by Gasteiger charge is -2.18. The minimum absolute atomic E-state index is 0.113. The molecule has 130 valence electrons. The molecule has 0 aliphatic heterocycles. The third-order valence-corrected chi connectivity index (χ3v) is 4.57. The lowest BCUT2D eigenvalue weighted by molar-refractivity contribution is 0.246. The molecule has 0 bridgehead atoms. The third kappa shape index (κ3) is 2.90. The fraction of sp³-hybridized carbons (Fsp3) is 0.353. The molecule has 1 aliphatic carbocycles. The second kappa shape index (κ2) is 5.80. The number of oxazole rings is 1. The van der Waals surface area contributed by atoms with Crippen molar-refractivity contribution in [2.45, 2.75) is 18.9 Å². The molecule has 1 fully saturated rings. The van der Waals surface area contributed by atoms with E-state index in [1.807, 2.05) is 17.8 Å². The van der Waals surface area contributed by atoms with Crippen molar-refractivity contribution in [2.75, 3.05) is 5.32 Å². The number of carbonyl (C=O) groups excluding carboxylic acids is 1. The van der Waals surface area contributed by atoms with E-state index in [0.29, 0.717) is 22.7 Å². The predicted octanol–water partition coefficient (Wildman–Crippen LogP) is 2.14. The number of anilines is 1. The van der Waals surface area contributed by atoms with E-state index in [1.54, 1.807) is 31.4 Å². The maximum Gasteiger partial charge on any atom is 0.419 e. The Morgan fingerprint density at radius 3 is 2.84 bits per heavy atom. The highest BCUT2D eigenvalue weighted by molar-refractivity contribution is 5.91. The molecule has 4 rings (SSSR count). The summed E-state index contributed by atoms with van der Waals surface area (Å²) in [7, 11) is 3.56. The van der Waals surface area contributed by atoms with Crippen LogP contribution in [0.4, 0.5) is 10.5 Å². The molecular formula is C17H19N5O3. The number of hydrogen-bond acceptors (Lipinski definition) is 4. The van der Waals surface area contributed by atoms with E-state index in [9.17, 15) is 9.59 Å². The first-order chi connectivity index (χ1) is 12.0. The van der Waals surface area contributed by atoms with Crippen LogP contribution in [0.5, 0.6) is 0 Å². The van der Waals surface area contributed by atoms with E-state index >= 15 is 0 Å². The molecule has 25 heavy (non-hydrogen) atoms. The highest BCUT2D eigenvalue weighted by atomic mass is 16.4. The normalized spacial score (nSPS) is 15.3. The first-order valence-electron chi connectivity index (χ1n) is 8.17. The van der Waals surface area contributed by atoms with Gasteiger partial charge in [-0.25, -0.2) is 14.6 Å². The van der Waals surface area contributed by atoms with Crippen molar-refractivity contribution < 1.29 is 9.21 Å². The van der Waals surface area contributed by atoms with Crippen molar-refractivity contribution in [3.8, 4) is 0 Å². The first-order valence-corrected chi connectivity index (χ1v) is 8.17. The molecule has 0 spiro atoms. The fourth-order valence-electron chi connectivity index (χ4n) is 3.02. The number of aryl methyl sites for hydroxylation is 2. The Kier molecular flexibility index (Phi) is 3.60. The summed E-state index contributed by atoms with van der Waals surface area (Å²) in [4.78, 5) is 28.3. The summed E-state index contributed by atoms with van der Waals surface area (Å²) >= 11 is 0. The van der Waals surface area contributed by atoms with Crippen LogP contribution in [0.2, 0.25) is 0 Å². The fourth-order valence-corrected chi connectivity index (χ4v) is 3.02. The summed E-state index contributed by atoms with van der Waals surface area (Å²) in [5.74, 6) is 0.837. The zero-order valence-electron chi connectivity index (χ0n) is 14.0. The second-order valence-electron chi connectivity index (χ2n) is 6.42. The van der Waals surface area contributed by atoms with Gasteiger partial charge in [-0.05, 0) is 30.9 Å². The quantitative estimate of drug-likeness (QED) is 0.760. The number of aromatic nitrogens is 3. The Morgan fingerprint density at radius 1 is 1.36 bits per heavy atom. The van der Waals surface area contributed by atoms with Gasteiger partial charge in [0.2, 0.25) is 0 Å². The number of benzene rings is 1. The predicted molar refractivity (Wildman–Crippen MR) is 92.3 cm³/mol. The number of imidazole rings is 1. The molecular weight excluding hydrogens is 322 g/mol. The van der Waals surface area contributed by atoms with Crippen LogP contribution >= 0.6 is 0 Å². The SMILES string of the molecule is Cn1ccnc1C(NC(=O)Nc1ccc2c(c1)oc(=O)n2C)C1CC1. The number of urea groups is 1. The molecule has 1 saturated carbocycles. The number of fused-ring (bicyclic) bond motifs is 1. The molecule has 2 aromatic heterocycles. The summed E-state index contributed by atoms with van der Waals surface area (Å²) in [6, 6.07) is 4.70. The molecule has 0 radical (unpaired) electrons. The Balaban J connectivity index is 1.51. The highest BCUT2D eigenvalue weighted by Gasteiger charge is 2.35. The maximum atomic E-state index is 12.4. The molecule has 1 atom stereocenters. The Bertz CT molecular complexity index is 995. The Morgan fingerprint density at radius 2 is 2.16 bits per heavy atom. The van der Waals surface area contributed by atoms with Gasteiger partial charge in [-0.1, -0.05) is 0 Å². The lowest BCUT2D eigenvalue weighted by Crippen LogP contribution is -2.35. The van der Waals surface area contributed by atoms with E-state index in [0.717, 1.165) is 18.7 Å². The summed E-state index contributed by atoms with van der Waals surface area (Å²) in [5.41, 5.74) is 1.68. The minimum Gasteiger partial charge on any atom is -0.408 e. The van der Waals surface area contributed by atoms with Crippen LogP contribution in [0.25, 0.3) is 11.1 Å². The summed E-state index contributed by atoms with van der Waals surface area (Å²) in [6.45, 7) is 0. The van der Waals surface area contributed by atoms with Gasteiger partial charge in [0.15, 0.2) is 5.58 Å². The maximum absolute atomic E-state index is 12.4. The molecule has 0 saturated heterocycles. The van der Waals surface area contributed by atoms with Gasteiger partial charge < -0.3 is 19.6 Å². The average molecular weight is 341 g/mol. The molecule has 1 aromatic carbocycles. The van der Waals surface area contributed by atoms with Gasteiger partial charge in [-0.15, -0.1) is 0 Å². The van der Waals surface area contributed by atoms with Crippen LogP contribution in [0, 0.1) is 5.92 Å². The van der Waals surface area contributed by atoms with Crippen LogP contribution in [0.3, 0.4) is 0 Å². The highest BCUT2D eigenvalue weighted by Crippen LogP contribution is 2.40. The Labute approximate surface area is 143 Å². The lowest BCUT2D eigenvalue weighted by atomic mass is 10.1. The van der Waals surface area contributed by atoms with Gasteiger partial charge in [0.25, 0.3) is 0 Å². The number of carbonyl (C=O) groups is 1. The van der Waals surface area contributed by atoms with E-state index in [2.05, 4.69) is 15.6 Å². The van der Waals surface area contributed by atoms with Gasteiger partial charge in [0, 0.05) is 38.2 Å². The Hall–Kier alpha value is -3.03.